The number of hydrogen-bond acceptors (Lipinski definition) is 10. The Labute approximate surface area is 198 Å². The first-order valence-corrected chi connectivity index (χ1v) is 8.39. The Morgan fingerprint density at radius 3 is 2.53 bits per heavy atom. The van der Waals surface area contributed by atoms with Gasteiger partial charge in [0.2, 0.25) is 5.91 Å². The third kappa shape index (κ3) is 5.67. The number of nitrogens with zero attached hydrogens (tertiary/aromatic N) is 1. The first kappa shape index (κ1) is 11.5. The van der Waals surface area contributed by atoms with Crippen LogP contribution in [-0.2, 0) is 47.5 Å². The van der Waals surface area contributed by atoms with Gasteiger partial charge in [-0.15, -0.1) is 0 Å². The van der Waals surface area contributed by atoms with Crippen molar-refractivity contribution in [1.82, 2.24) is 4.90 Å². The van der Waals surface area contributed by atoms with Crippen LogP contribution >= 0.6 is 0 Å². The van der Waals surface area contributed by atoms with Crippen LogP contribution in [0.4, 0.5) is 0 Å². The van der Waals surface area contributed by atoms with Crippen molar-refractivity contribution < 1.29 is 68.0 Å². The molecule has 11 heteroatoms. The van der Waals surface area contributed by atoms with Gasteiger partial charge in [0.15, 0.2) is 0 Å². The van der Waals surface area contributed by atoms with Crippen molar-refractivity contribution in [2.75, 3.05) is 69.7 Å². The highest BCUT2D eigenvalue weighted by atomic mass is 16.7. The van der Waals surface area contributed by atoms with E-state index < -0.39 is 103 Å². The molecule has 176 valence electrons. The molecule has 0 spiro atoms. The highest BCUT2D eigenvalue weighted by molar-refractivity contribution is 5.79. The Hall–Kier alpha value is -1.34. The second-order valence-electron chi connectivity index (χ2n) is 6.13. The van der Waals surface area contributed by atoms with Gasteiger partial charge in [0.05, 0.1) is 42.3 Å². The molecule has 0 aromatic rings. The van der Waals surface area contributed by atoms with Crippen LogP contribution in [0.3, 0.4) is 0 Å². The van der Waals surface area contributed by atoms with Gasteiger partial charge in [-0.05, 0) is 0 Å². The van der Waals surface area contributed by atoms with E-state index in [9.17, 15) is 9.59 Å². The SMILES string of the molecule is [2H]C([2H])([2H])OCC(=O)N([C@H]1[C@H]([C@@H](OC([2H])([2H])[2H])[C@@H](COC)OC([2H])([2H])[2H])OC(OC)(C(=O)OC)C[C@@H]1OC([2H])([2H])[2H])C([2H])([2H])[2H]. The summed E-state index contributed by atoms with van der Waals surface area (Å²) in [6.45, 7) is -5.84. The van der Waals surface area contributed by atoms with E-state index >= 15 is 0 Å². The van der Waals surface area contributed by atoms with Crippen molar-refractivity contribution >= 4 is 11.9 Å². The lowest BCUT2D eigenvalue weighted by Crippen LogP contribution is -2.69. The molecule has 0 aliphatic carbocycles. The Morgan fingerprint density at radius 1 is 1.17 bits per heavy atom. The largest absolute Gasteiger partial charge is 0.465 e. The van der Waals surface area contributed by atoms with Gasteiger partial charge in [0, 0.05) is 59.9 Å². The smallest absolute Gasteiger partial charge is 0.366 e. The van der Waals surface area contributed by atoms with Gasteiger partial charge in [-0.25, -0.2) is 4.79 Å². The minimum Gasteiger partial charge on any atom is -0.465 e. The monoisotopic (exact) mass is 452 g/mol. The molecule has 1 fully saturated rings. The molecule has 0 saturated carbocycles. The second-order valence-corrected chi connectivity index (χ2v) is 6.13. The Kier molecular flexibility index (Phi) is 4.79. The van der Waals surface area contributed by atoms with Crippen molar-refractivity contribution in [1.29, 1.82) is 0 Å². The number of methoxy groups -OCH3 is 7. The first-order chi connectivity index (χ1) is 20.1. The molecular formula is C19H35NO10. The predicted molar refractivity (Wildman–Crippen MR) is 104 cm³/mol. The molecule has 1 heterocycles. The normalized spacial score (nSPS) is 38.1. The van der Waals surface area contributed by atoms with Crippen LogP contribution in [0, 0.1) is 0 Å². The summed E-state index contributed by atoms with van der Waals surface area (Å²) in [7, 11) is -10.6. The van der Waals surface area contributed by atoms with Crippen LogP contribution in [0.5, 0.6) is 0 Å². The second kappa shape index (κ2) is 12.5. The van der Waals surface area contributed by atoms with Crippen LogP contribution in [-0.4, -0.2) is 123 Å². The standard InChI is InChI=1S/C19H35NO10/c1-20(14(21)11-24-3)15-12(25-4)9-19(29-8,18(22)28-7)30-17(15)16(27-6)13(26-5)10-23-2/h12-13,15-17H,9-11H2,1-8H3/t12-,13+,15+,16-,17+,19?/m0/s1/i1D3,3D3,4D3,5D3,6D3. The maximum atomic E-state index is 13.4. The van der Waals surface area contributed by atoms with E-state index in [0.29, 0.717) is 0 Å². The van der Waals surface area contributed by atoms with Gasteiger partial charge in [0.25, 0.3) is 5.79 Å². The van der Waals surface area contributed by atoms with Crippen LogP contribution in [0.25, 0.3) is 0 Å². The highest BCUT2D eigenvalue weighted by Crippen LogP contribution is 2.37. The third-order valence-electron chi connectivity index (χ3n) is 4.56. The molecule has 0 aromatic heterocycles. The number of carbonyl (C=O) groups excluding carboxylic acids is 2. The lowest BCUT2D eigenvalue weighted by Gasteiger charge is -2.50. The summed E-state index contributed by atoms with van der Waals surface area (Å²) in [5.74, 6) is -5.71. The average Bonchev–Trinajstić information content (AvgIpc) is 2.82. The third-order valence-corrected chi connectivity index (χ3v) is 4.56. The van der Waals surface area contributed by atoms with Gasteiger partial charge >= 0.3 is 5.97 Å². The number of amides is 1. The molecule has 1 aliphatic heterocycles. The molecule has 0 aromatic carbocycles. The van der Waals surface area contributed by atoms with E-state index in [2.05, 4.69) is 4.74 Å². The predicted octanol–water partition coefficient (Wildman–Crippen LogP) is -0.544. The summed E-state index contributed by atoms with van der Waals surface area (Å²) in [5.41, 5.74) is 0. The summed E-state index contributed by atoms with van der Waals surface area (Å²) >= 11 is 0. The zero-order valence-corrected chi connectivity index (χ0v) is 16.5. The molecule has 11 nitrogen and oxygen atoms in total. The van der Waals surface area contributed by atoms with Crippen molar-refractivity contribution in [3.8, 4) is 0 Å². The number of carbonyl (C=O) groups is 2. The minimum atomic E-state index is -3.61. The fourth-order valence-corrected chi connectivity index (χ4v) is 3.13. The lowest BCUT2D eigenvalue weighted by molar-refractivity contribution is -0.316. The topological polar surface area (TPSA) is 111 Å². The van der Waals surface area contributed by atoms with Crippen molar-refractivity contribution in [2.24, 2.45) is 0 Å². The number of ether oxygens (including phenoxy) is 8. The van der Waals surface area contributed by atoms with E-state index in [1.807, 2.05) is 0 Å². The Balaban J connectivity index is 4.21. The van der Waals surface area contributed by atoms with Gasteiger partial charge in [-0.2, -0.15) is 0 Å². The minimum absolute atomic E-state index is 0.0776. The summed E-state index contributed by atoms with van der Waals surface area (Å²) in [6, 6.07) is -2.33. The van der Waals surface area contributed by atoms with Gasteiger partial charge < -0.3 is 42.8 Å². The zero-order chi connectivity index (χ0) is 35.4. The maximum Gasteiger partial charge on any atom is 0.366 e. The number of rotatable bonds is 12. The van der Waals surface area contributed by atoms with E-state index in [4.69, 9.17) is 53.7 Å². The van der Waals surface area contributed by atoms with Crippen molar-refractivity contribution in [2.45, 2.75) is 42.7 Å². The number of hydrogen-bond donors (Lipinski definition) is 0. The first-order valence-electron chi connectivity index (χ1n) is 15.9. The number of esters is 1. The van der Waals surface area contributed by atoms with Gasteiger partial charge in [-0.3, -0.25) is 4.79 Å². The zero-order valence-electron chi connectivity index (χ0n) is 31.5. The molecule has 0 N–H and O–H groups in total. The molecule has 1 saturated heterocycles. The molecule has 1 unspecified atom stereocenters. The molecule has 1 aliphatic rings. The summed E-state index contributed by atoms with van der Waals surface area (Å²) < 4.78 is 155. The number of likely N-dealkylation sites (N-methyl/N-ethyl adjacent to an activating group) is 1. The Morgan fingerprint density at radius 2 is 1.97 bits per heavy atom. The van der Waals surface area contributed by atoms with Gasteiger partial charge in [-0.1, -0.05) is 0 Å². The molecule has 1 amide bonds. The summed E-state index contributed by atoms with van der Waals surface area (Å²) in [5, 5.41) is 0. The van der Waals surface area contributed by atoms with Crippen LogP contribution < -0.4 is 0 Å². The van der Waals surface area contributed by atoms with Crippen LogP contribution in [0.1, 0.15) is 27.0 Å². The van der Waals surface area contributed by atoms with E-state index in [0.717, 1.165) is 21.3 Å². The van der Waals surface area contributed by atoms with Crippen LogP contribution in [0.2, 0.25) is 0 Å². The fraction of sp³-hybridized carbons (Fsp3) is 0.895. The van der Waals surface area contributed by atoms with Crippen molar-refractivity contribution in [3.63, 3.8) is 0 Å². The lowest BCUT2D eigenvalue weighted by atomic mass is 9.87. The summed E-state index contributed by atoms with van der Waals surface area (Å²) in [6.07, 6.45) is -9.94. The van der Waals surface area contributed by atoms with Gasteiger partial charge in [0.1, 0.15) is 24.9 Å². The molecule has 30 heavy (non-hydrogen) atoms. The van der Waals surface area contributed by atoms with E-state index in [1.165, 1.54) is 0 Å². The molecule has 1 rings (SSSR count). The average molecular weight is 453 g/mol. The Bertz CT molecular complexity index is 984. The molecule has 0 radical (unpaired) electrons. The molecular weight excluding hydrogens is 402 g/mol. The maximum absolute atomic E-state index is 13.4. The van der Waals surface area contributed by atoms with Crippen LogP contribution in [0.15, 0.2) is 0 Å². The molecule has 0 bridgehead atoms. The van der Waals surface area contributed by atoms with E-state index in [-0.39, 0.29) is 4.90 Å². The summed E-state index contributed by atoms with van der Waals surface area (Å²) in [4.78, 5) is 26.3. The quantitative estimate of drug-likeness (QED) is 0.358. The van der Waals surface area contributed by atoms with Crippen molar-refractivity contribution in [3.05, 3.63) is 0 Å². The fourth-order valence-electron chi connectivity index (χ4n) is 3.13. The van der Waals surface area contributed by atoms with E-state index in [1.54, 1.807) is 0 Å². The molecule has 6 atom stereocenters. The highest BCUT2D eigenvalue weighted by Gasteiger charge is 2.58.